The van der Waals surface area contributed by atoms with E-state index < -0.39 is 7.12 Å². The molecule has 0 amide bonds. The lowest BCUT2D eigenvalue weighted by atomic mass is 9.77. The van der Waals surface area contributed by atoms with Gasteiger partial charge in [0, 0.05) is 6.32 Å². The predicted molar refractivity (Wildman–Crippen MR) is 125 cm³/mol. The van der Waals surface area contributed by atoms with E-state index >= 15 is 0 Å². The van der Waals surface area contributed by atoms with E-state index in [1.165, 1.54) is 5.57 Å². The first kappa shape index (κ1) is 23.0. The van der Waals surface area contributed by atoms with Crippen molar-refractivity contribution in [2.45, 2.75) is 58.4 Å². The van der Waals surface area contributed by atoms with Gasteiger partial charge in [-0.15, -0.1) is 0 Å². The van der Waals surface area contributed by atoms with Gasteiger partial charge in [0.2, 0.25) is 0 Å². The van der Waals surface area contributed by atoms with E-state index in [1.807, 2.05) is 12.1 Å². The van der Waals surface area contributed by atoms with Crippen LogP contribution in [-0.4, -0.2) is 30.5 Å². The number of aromatic hydroxyl groups is 1. The normalized spacial score (nSPS) is 17.5. The number of rotatable bonds is 9. The number of phenols is 1. The molecule has 0 spiro atoms. The first-order valence-corrected chi connectivity index (χ1v) is 10.9. The van der Waals surface area contributed by atoms with Crippen LogP contribution < -0.4 is 4.74 Å². The summed E-state index contributed by atoms with van der Waals surface area (Å²) in [5.41, 5.74) is 4.54. The summed E-state index contributed by atoms with van der Waals surface area (Å²) in [6.45, 7) is 8.41. The van der Waals surface area contributed by atoms with Crippen LogP contribution >= 0.6 is 22.6 Å². The fourth-order valence-electron chi connectivity index (χ4n) is 3.45. The first-order chi connectivity index (χ1) is 13.4. The summed E-state index contributed by atoms with van der Waals surface area (Å²) in [7, 11) is 0.825. The summed E-state index contributed by atoms with van der Waals surface area (Å²) in [4.78, 5) is 0. The lowest BCUT2D eigenvalue weighted by molar-refractivity contribution is 0.182. The molecule has 0 fully saturated rings. The Morgan fingerprint density at radius 3 is 2.79 bits per heavy atom. The van der Waals surface area contributed by atoms with Crippen LogP contribution in [0.15, 0.2) is 41.5 Å². The Kier molecular flexibility index (Phi) is 9.11. The van der Waals surface area contributed by atoms with Crippen molar-refractivity contribution >= 4 is 35.8 Å². The number of ether oxygens (including phenoxy) is 1. The number of halogens is 1. The zero-order chi connectivity index (χ0) is 20.7. The van der Waals surface area contributed by atoms with Gasteiger partial charge >= 0.3 is 7.12 Å². The highest BCUT2D eigenvalue weighted by Crippen LogP contribution is 2.34. The van der Waals surface area contributed by atoms with E-state index in [1.54, 1.807) is 7.11 Å². The molecular weight excluding hydrogens is 466 g/mol. The number of methoxy groups -OCH3 is 1. The fraction of sp³-hybridized carbons (Fsp3) is 0.455. The average Bonchev–Trinajstić information content (AvgIpc) is 2.68. The minimum atomic E-state index is -0.736. The van der Waals surface area contributed by atoms with Gasteiger partial charge < -0.3 is 19.5 Å². The smallest absolute Gasteiger partial charge is 0.458 e. The van der Waals surface area contributed by atoms with Crippen LogP contribution in [-0.2, 0) is 4.65 Å². The second-order valence-electron chi connectivity index (χ2n) is 7.08. The molecule has 152 valence electrons. The standard InChI is InChI=1S/C22H30BIO4/c1-5-7-16(12-17-13-19(24)22(25)21(14-17)27-4)8-9-20-18(15(3)6-2)10-11-23(26)28-20/h10,12-14,20,25-26H,3,5-9,11H2,1-2,4H3/b16-12+. The summed E-state index contributed by atoms with van der Waals surface area (Å²) in [5, 5.41) is 20.0. The topological polar surface area (TPSA) is 58.9 Å². The van der Waals surface area contributed by atoms with Crippen LogP contribution in [0.5, 0.6) is 11.5 Å². The van der Waals surface area contributed by atoms with Crippen molar-refractivity contribution in [3.8, 4) is 11.5 Å². The summed E-state index contributed by atoms with van der Waals surface area (Å²) < 4.78 is 11.9. The molecule has 1 heterocycles. The molecule has 1 aliphatic heterocycles. The molecule has 0 bridgehead atoms. The van der Waals surface area contributed by atoms with Crippen LogP contribution in [0, 0.1) is 3.57 Å². The fourth-order valence-corrected chi connectivity index (χ4v) is 4.08. The predicted octanol–water partition coefficient (Wildman–Crippen LogP) is 5.74. The molecule has 1 aliphatic rings. The molecule has 1 unspecified atom stereocenters. The van der Waals surface area contributed by atoms with Gasteiger partial charge in [-0.25, -0.2) is 0 Å². The molecular formula is C22H30BIO4. The third kappa shape index (κ3) is 6.13. The number of hydrogen-bond donors (Lipinski definition) is 2. The Hall–Kier alpha value is -1.25. The Morgan fingerprint density at radius 1 is 1.39 bits per heavy atom. The maximum Gasteiger partial charge on any atom is 0.458 e. The zero-order valence-corrected chi connectivity index (χ0v) is 19.2. The minimum absolute atomic E-state index is 0.119. The van der Waals surface area contributed by atoms with Gasteiger partial charge in [0.05, 0.1) is 16.8 Å². The highest BCUT2D eigenvalue weighted by Gasteiger charge is 2.27. The quantitative estimate of drug-likeness (QED) is 0.338. The maximum atomic E-state index is 10.1. The molecule has 1 atom stereocenters. The molecule has 0 radical (unpaired) electrons. The summed E-state index contributed by atoms with van der Waals surface area (Å²) in [5.74, 6) is 0.659. The van der Waals surface area contributed by atoms with E-state index in [2.05, 4.69) is 55.2 Å². The van der Waals surface area contributed by atoms with Crippen molar-refractivity contribution < 1.29 is 19.5 Å². The van der Waals surface area contributed by atoms with Gasteiger partial charge in [-0.2, -0.15) is 0 Å². The summed E-state index contributed by atoms with van der Waals surface area (Å²) >= 11 is 2.12. The molecule has 0 saturated heterocycles. The Labute approximate surface area is 182 Å². The second-order valence-corrected chi connectivity index (χ2v) is 8.24. The highest BCUT2D eigenvalue weighted by atomic mass is 127. The van der Waals surface area contributed by atoms with Crippen LogP contribution in [0.25, 0.3) is 6.08 Å². The molecule has 1 aromatic rings. The summed E-state index contributed by atoms with van der Waals surface area (Å²) in [6.07, 6.45) is 9.25. The summed E-state index contributed by atoms with van der Waals surface area (Å²) in [6, 6.07) is 3.82. The number of hydrogen-bond acceptors (Lipinski definition) is 4. The molecule has 2 N–H and O–H groups in total. The lowest BCUT2D eigenvalue weighted by Crippen LogP contribution is -2.31. The molecule has 2 rings (SSSR count). The van der Waals surface area contributed by atoms with E-state index in [0.29, 0.717) is 12.1 Å². The monoisotopic (exact) mass is 496 g/mol. The minimum Gasteiger partial charge on any atom is -0.504 e. The van der Waals surface area contributed by atoms with E-state index in [4.69, 9.17) is 9.39 Å². The van der Waals surface area contributed by atoms with Gasteiger partial charge in [-0.1, -0.05) is 50.1 Å². The van der Waals surface area contributed by atoms with Crippen LogP contribution in [0.1, 0.15) is 51.5 Å². The molecule has 28 heavy (non-hydrogen) atoms. The van der Waals surface area contributed by atoms with Gasteiger partial charge in [-0.05, 0) is 71.5 Å². The molecule has 0 aromatic heterocycles. The van der Waals surface area contributed by atoms with E-state index in [9.17, 15) is 10.1 Å². The second kappa shape index (κ2) is 11.1. The largest absolute Gasteiger partial charge is 0.504 e. The molecule has 4 nitrogen and oxygen atoms in total. The Morgan fingerprint density at radius 2 is 2.14 bits per heavy atom. The van der Waals surface area contributed by atoms with Crippen molar-refractivity contribution in [3.63, 3.8) is 0 Å². The molecule has 6 heteroatoms. The van der Waals surface area contributed by atoms with Crippen molar-refractivity contribution in [1.82, 2.24) is 0 Å². The zero-order valence-electron chi connectivity index (χ0n) is 17.0. The van der Waals surface area contributed by atoms with Crippen molar-refractivity contribution in [3.05, 3.63) is 50.6 Å². The van der Waals surface area contributed by atoms with Crippen LogP contribution in [0.3, 0.4) is 0 Å². The Bertz CT molecular complexity index is 757. The van der Waals surface area contributed by atoms with Crippen LogP contribution in [0.4, 0.5) is 0 Å². The molecule has 0 saturated carbocycles. The average molecular weight is 496 g/mol. The van der Waals surface area contributed by atoms with Crippen molar-refractivity contribution in [1.29, 1.82) is 0 Å². The molecule has 1 aromatic carbocycles. The van der Waals surface area contributed by atoms with E-state index in [0.717, 1.165) is 52.4 Å². The van der Waals surface area contributed by atoms with Gasteiger partial charge in [0.1, 0.15) is 0 Å². The number of phenolic OH excluding ortho intramolecular Hbond substituents is 1. The first-order valence-electron chi connectivity index (χ1n) is 9.87. The van der Waals surface area contributed by atoms with Gasteiger partial charge in [-0.3, -0.25) is 0 Å². The number of benzene rings is 1. The number of allylic oxidation sites excluding steroid dienone is 2. The van der Waals surface area contributed by atoms with Crippen molar-refractivity contribution in [2.24, 2.45) is 0 Å². The van der Waals surface area contributed by atoms with Crippen LogP contribution in [0.2, 0.25) is 6.32 Å². The molecule has 0 aliphatic carbocycles. The van der Waals surface area contributed by atoms with Gasteiger partial charge in [0.15, 0.2) is 11.5 Å². The Balaban J connectivity index is 2.19. The lowest BCUT2D eigenvalue weighted by Gasteiger charge is -2.28. The third-order valence-corrected chi connectivity index (χ3v) is 5.81. The third-order valence-electron chi connectivity index (χ3n) is 4.98. The highest BCUT2D eigenvalue weighted by molar-refractivity contribution is 14.1. The van der Waals surface area contributed by atoms with Crippen molar-refractivity contribution in [2.75, 3.05) is 7.11 Å². The SMILES string of the molecule is C=C(CC)C1=CCB(O)OC1CC/C(=C/c1cc(I)c(O)c(OC)c1)CCC. The van der Waals surface area contributed by atoms with Gasteiger partial charge in [0.25, 0.3) is 0 Å². The maximum absolute atomic E-state index is 10.1. The van der Waals surface area contributed by atoms with E-state index in [-0.39, 0.29) is 11.9 Å².